The van der Waals surface area contributed by atoms with Gasteiger partial charge in [-0.05, 0) is 37.1 Å². The zero-order valence-corrected chi connectivity index (χ0v) is 21.3. The Morgan fingerprint density at radius 1 is 1.19 bits per heavy atom. The normalized spacial score (nSPS) is 16.1. The monoisotopic (exact) mass is 537 g/mol. The van der Waals surface area contributed by atoms with E-state index in [4.69, 9.17) is 16.3 Å². The first-order valence-electron chi connectivity index (χ1n) is 11.6. The van der Waals surface area contributed by atoms with Gasteiger partial charge in [0.25, 0.3) is 0 Å². The van der Waals surface area contributed by atoms with Crippen LogP contribution in [0.1, 0.15) is 28.8 Å². The molecule has 2 aromatic carbocycles. The molecule has 37 heavy (non-hydrogen) atoms. The summed E-state index contributed by atoms with van der Waals surface area (Å²) in [6.45, 7) is 4.19. The van der Waals surface area contributed by atoms with Crippen molar-refractivity contribution in [3.05, 3.63) is 89.2 Å². The van der Waals surface area contributed by atoms with Crippen LogP contribution in [-0.2, 0) is 10.0 Å². The minimum absolute atomic E-state index is 0.246. The number of carbonyl (C=O) groups is 1. The quantitative estimate of drug-likeness (QED) is 0.289. The van der Waals surface area contributed by atoms with Gasteiger partial charge in [0.05, 0.1) is 16.0 Å². The highest BCUT2D eigenvalue weighted by Crippen LogP contribution is 2.31. The Kier molecular flexibility index (Phi) is 6.96. The summed E-state index contributed by atoms with van der Waals surface area (Å²) in [5, 5.41) is 4.94. The van der Waals surface area contributed by atoms with Crippen molar-refractivity contribution in [2.45, 2.75) is 18.9 Å². The molecular formula is C26H24ClN5O4S. The first-order valence-corrected chi connectivity index (χ1v) is 13.5. The number of nitrogens with one attached hydrogen (secondary N) is 2. The summed E-state index contributed by atoms with van der Waals surface area (Å²) in [7, 11) is -3.53. The molecule has 2 aromatic heterocycles. The molecule has 0 saturated carbocycles. The van der Waals surface area contributed by atoms with E-state index in [-0.39, 0.29) is 16.8 Å². The summed E-state index contributed by atoms with van der Waals surface area (Å²) in [5.41, 5.74) is 1.12. The highest BCUT2D eigenvalue weighted by molar-refractivity contribution is 7.92. The SMILES string of the molecule is C=CS(=O)(=O)N1CCCC1CNc1ncnc2[nH]cc(C(=O)c3ccc(Oc4ccccc4)cc3Cl)c12. The third-order valence-electron chi connectivity index (χ3n) is 6.24. The van der Waals surface area contributed by atoms with Gasteiger partial charge in [0.15, 0.2) is 5.78 Å². The van der Waals surface area contributed by atoms with Gasteiger partial charge in [-0.1, -0.05) is 36.4 Å². The average molecular weight is 538 g/mol. The average Bonchev–Trinajstić information content (AvgIpc) is 3.56. The van der Waals surface area contributed by atoms with Crippen LogP contribution >= 0.6 is 11.6 Å². The number of H-pyrrole nitrogens is 1. The van der Waals surface area contributed by atoms with Gasteiger partial charge in [0, 0.05) is 42.4 Å². The number of halogens is 1. The van der Waals surface area contributed by atoms with Crippen molar-refractivity contribution in [1.29, 1.82) is 0 Å². The molecule has 0 amide bonds. The summed E-state index contributed by atoms with van der Waals surface area (Å²) < 4.78 is 31.9. The van der Waals surface area contributed by atoms with E-state index in [0.29, 0.717) is 59.0 Å². The summed E-state index contributed by atoms with van der Waals surface area (Å²) in [5.74, 6) is 1.28. The molecule has 1 atom stereocenters. The first kappa shape index (κ1) is 24.9. The van der Waals surface area contributed by atoms with Gasteiger partial charge in [0.1, 0.15) is 29.3 Å². The summed E-state index contributed by atoms with van der Waals surface area (Å²) >= 11 is 6.49. The number of anilines is 1. The predicted octanol–water partition coefficient (Wildman–Crippen LogP) is 4.98. The number of nitrogens with zero attached hydrogens (tertiary/aromatic N) is 3. The van der Waals surface area contributed by atoms with Crippen molar-refractivity contribution in [2.75, 3.05) is 18.4 Å². The van der Waals surface area contributed by atoms with Crippen LogP contribution in [0.4, 0.5) is 5.82 Å². The second-order valence-electron chi connectivity index (χ2n) is 8.53. The molecule has 11 heteroatoms. The fraction of sp³-hybridized carbons (Fsp3) is 0.192. The topological polar surface area (TPSA) is 117 Å². The van der Waals surface area contributed by atoms with Crippen molar-refractivity contribution in [2.24, 2.45) is 0 Å². The molecule has 1 unspecified atom stereocenters. The Labute approximate surface area is 219 Å². The summed E-state index contributed by atoms with van der Waals surface area (Å²) in [6, 6.07) is 13.9. The van der Waals surface area contributed by atoms with E-state index in [0.717, 1.165) is 11.8 Å². The molecule has 0 spiro atoms. The second-order valence-corrected chi connectivity index (χ2v) is 10.8. The fourth-order valence-corrected chi connectivity index (χ4v) is 5.87. The number of para-hydroxylation sites is 1. The smallest absolute Gasteiger partial charge is 0.235 e. The molecule has 0 radical (unpaired) electrons. The third-order valence-corrected chi connectivity index (χ3v) is 8.11. The zero-order chi connectivity index (χ0) is 26.0. The number of hydrogen-bond acceptors (Lipinski definition) is 7. The maximum absolute atomic E-state index is 13.5. The molecule has 3 heterocycles. The summed E-state index contributed by atoms with van der Waals surface area (Å²) in [4.78, 5) is 25.1. The lowest BCUT2D eigenvalue weighted by Gasteiger charge is -2.23. The van der Waals surface area contributed by atoms with Gasteiger partial charge in [0.2, 0.25) is 10.0 Å². The largest absolute Gasteiger partial charge is 0.457 e. The van der Waals surface area contributed by atoms with E-state index in [1.165, 1.54) is 10.6 Å². The molecule has 2 N–H and O–H groups in total. The highest BCUT2D eigenvalue weighted by Gasteiger charge is 2.32. The maximum atomic E-state index is 13.5. The number of fused-ring (bicyclic) bond motifs is 1. The van der Waals surface area contributed by atoms with Crippen LogP contribution in [0.15, 0.2) is 73.0 Å². The summed E-state index contributed by atoms with van der Waals surface area (Å²) in [6.07, 6.45) is 4.42. The number of hydrogen-bond donors (Lipinski definition) is 2. The zero-order valence-electron chi connectivity index (χ0n) is 19.7. The third kappa shape index (κ3) is 5.08. The van der Waals surface area contributed by atoms with Crippen molar-refractivity contribution < 1.29 is 17.9 Å². The van der Waals surface area contributed by atoms with Crippen molar-refractivity contribution in [1.82, 2.24) is 19.3 Å². The highest BCUT2D eigenvalue weighted by atomic mass is 35.5. The van der Waals surface area contributed by atoms with Crippen LogP contribution in [0.3, 0.4) is 0 Å². The number of aromatic amines is 1. The number of ketones is 1. The number of carbonyl (C=O) groups excluding carboxylic acids is 1. The minimum Gasteiger partial charge on any atom is -0.457 e. The van der Waals surface area contributed by atoms with Crippen LogP contribution in [-0.4, -0.2) is 52.6 Å². The van der Waals surface area contributed by atoms with Crippen LogP contribution in [0.25, 0.3) is 11.0 Å². The lowest BCUT2D eigenvalue weighted by Crippen LogP contribution is -2.38. The predicted molar refractivity (Wildman–Crippen MR) is 143 cm³/mol. The van der Waals surface area contributed by atoms with Crippen LogP contribution in [0, 0.1) is 0 Å². The van der Waals surface area contributed by atoms with Crippen molar-refractivity contribution >= 4 is 44.3 Å². The first-order chi connectivity index (χ1) is 17.9. The lowest BCUT2D eigenvalue weighted by molar-refractivity contribution is 0.104. The maximum Gasteiger partial charge on any atom is 0.235 e. The van der Waals surface area contributed by atoms with E-state index in [9.17, 15) is 13.2 Å². The fourth-order valence-electron chi connectivity index (χ4n) is 4.45. The van der Waals surface area contributed by atoms with Gasteiger partial charge in [-0.2, -0.15) is 4.31 Å². The number of sulfonamides is 1. The lowest BCUT2D eigenvalue weighted by atomic mass is 10.0. The van der Waals surface area contributed by atoms with E-state index in [1.807, 2.05) is 30.3 Å². The van der Waals surface area contributed by atoms with Crippen molar-refractivity contribution in [3.63, 3.8) is 0 Å². The molecule has 9 nitrogen and oxygen atoms in total. The standard InChI is InChI=1S/C26H24ClN5O4S/c1-2-37(34,35)32-12-6-7-17(32)14-28-25-23-21(15-29-26(23)31-16-30-25)24(33)20-11-10-19(13-22(20)27)36-18-8-4-3-5-9-18/h2-5,8-11,13,15-17H,1,6-7,12,14H2,(H2,28,29,30,31). The van der Waals surface area contributed by atoms with Gasteiger partial charge in [-0.25, -0.2) is 18.4 Å². The van der Waals surface area contributed by atoms with Gasteiger partial charge in [-0.15, -0.1) is 0 Å². The van der Waals surface area contributed by atoms with Gasteiger partial charge >= 0.3 is 0 Å². The molecule has 0 aliphatic carbocycles. The molecule has 190 valence electrons. The minimum atomic E-state index is -3.53. The number of benzene rings is 2. The molecule has 1 aliphatic rings. The second kappa shape index (κ2) is 10.3. The molecule has 5 rings (SSSR count). The van der Waals surface area contributed by atoms with Gasteiger partial charge < -0.3 is 15.0 Å². The van der Waals surface area contributed by atoms with E-state index in [2.05, 4.69) is 26.8 Å². The number of ether oxygens (including phenoxy) is 1. The van der Waals surface area contributed by atoms with E-state index < -0.39 is 10.0 Å². The number of rotatable bonds is 9. The van der Waals surface area contributed by atoms with Crippen molar-refractivity contribution in [3.8, 4) is 11.5 Å². The Bertz CT molecular complexity index is 1570. The molecule has 4 aromatic rings. The Hall–Kier alpha value is -3.73. The Morgan fingerprint density at radius 3 is 2.76 bits per heavy atom. The number of aromatic nitrogens is 3. The molecule has 1 aliphatic heterocycles. The van der Waals surface area contributed by atoms with Gasteiger partial charge in [-0.3, -0.25) is 4.79 Å². The van der Waals surface area contributed by atoms with Crippen LogP contribution in [0.2, 0.25) is 5.02 Å². The Balaban J connectivity index is 1.40. The van der Waals surface area contributed by atoms with Crippen LogP contribution in [0.5, 0.6) is 11.5 Å². The molecule has 0 bridgehead atoms. The van der Waals surface area contributed by atoms with Crippen LogP contribution < -0.4 is 10.1 Å². The molecular weight excluding hydrogens is 514 g/mol. The van der Waals surface area contributed by atoms with E-state index >= 15 is 0 Å². The molecule has 1 saturated heterocycles. The Morgan fingerprint density at radius 2 is 2.00 bits per heavy atom. The van der Waals surface area contributed by atoms with E-state index in [1.54, 1.807) is 24.4 Å². The molecule has 1 fully saturated rings.